The van der Waals surface area contributed by atoms with Crippen molar-refractivity contribution in [3.05, 3.63) is 24.3 Å². The van der Waals surface area contributed by atoms with Crippen molar-refractivity contribution in [3.8, 4) is 0 Å². The van der Waals surface area contributed by atoms with Gasteiger partial charge in [-0.1, -0.05) is 35.2 Å². The number of fused-ring (bicyclic) bond motifs is 3. The van der Waals surface area contributed by atoms with Crippen LogP contribution in [0.2, 0.25) is 0 Å². The summed E-state index contributed by atoms with van der Waals surface area (Å²) in [5.41, 5.74) is 1.08. The molecule has 4 nitrogen and oxygen atoms in total. The summed E-state index contributed by atoms with van der Waals surface area (Å²) >= 11 is 9.14. The van der Waals surface area contributed by atoms with E-state index in [1.165, 1.54) is 16.5 Å². The van der Waals surface area contributed by atoms with E-state index >= 15 is 0 Å². The van der Waals surface area contributed by atoms with E-state index in [2.05, 4.69) is 16.3 Å². The number of hydrogen-bond donors (Lipinski definition) is 0. The van der Waals surface area contributed by atoms with Gasteiger partial charge in [0.25, 0.3) is 0 Å². The molecular weight excluding hydrogens is 314 g/mol. The standard InChI is InChI=1S/C13H10ClN3OS2/c14-13(5-6-13)10(18)7-19-11-15-16-12-17(11)8-3-1-2-4-9(8)20-12/h1-4H,5-7H2. The van der Waals surface area contributed by atoms with Gasteiger partial charge in [-0.2, -0.15) is 0 Å². The zero-order valence-corrected chi connectivity index (χ0v) is 12.8. The SMILES string of the molecule is O=C(CSc1nnc2sc3ccccc3n12)C1(Cl)CC1. The summed E-state index contributed by atoms with van der Waals surface area (Å²) in [7, 11) is 0. The summed E-state index contributed by atoms with van der Waals surface area (Å²) < 4.78 is 3.17. The zero-order valence-electron chi connectivity index (χ0n) is 10.4. The van der Waals surface area contributed by atoms with Crippen molar-refractivity contribution in [2.75, 3.05) is 5.75 Å². The first-order valence-electron chi connectivity index (χ1n) is 6.25. The lowest BCUT2D eigenvalue weighted by Gasteiger charge is -2.03. The number of halogens is 1. The highest BCUT2D eigenvalue weighted by atomic mass is 35.5. The van der Waals surface area contributed by atoms with Crippen molar-refractivity contribution in [1.82, 2.24) is 14.6 Å². The lowest BCUT2D eigenvalue weighted by Crippen LogP contribution is -2.17. The number of nitrogens with zero attached hydrogens (tertiary/aromatic N) is 3. The van der Waals surface area contributed by atoms with Gasteiger partial charge in [0.15, 0.2) is 10.9 Å². The molecule has 0 spiro atoms. The fourth-order valence-corrected chi connectivity index (χ4v) is 4.31. The number of aromatic nitrogens is 3. The minimum Gasteiger partial charge on any atom is -0.297 e. The van der Waals surface area contributed by atoms with Gasteiger partial charge in [-0.05, 0) is 25.0 Å². The molecule has 7 heteroatoms. The molecule has 0 N–H and O–H groups in total. The highest BCUT2D eigenvalue weighted by molar-refractivity contribution is 7.99. The third-order valence-corrected chi connectivity index (χ3v) is 5.96. The van der Waals surface area contributed by atoms with E-state index in [4.69, 9.17) is 11.6 Å². The average Bonchev–Trinajstić information content (AvgIpc) is 2.95. The maximum atomic E-state index is 12.0. The summed E-state index contributed by atoms with van der Waals surface area (Å²) in [5, 5.41) is 9.11. The Labute approximate surface area is 128 Å². The molecule has 0 radical (unpaired) electrons. The first-order chi connectivity index (χ1) is 9.67. The number of carbonyl (C=O) groups excluding carboxylic acids is 1. The molecule has 1 saturated carbocycles. The van der Waals surface area contributed by atoms with E-state index in [0.717, 1.165) is 28.5 Å². The number of thiazole rings is 1. The summed E-state index contributed by atoms with van der Waals surface area (Å²) in [6.45, 7) is 0. The van der Waals surface area contributed by atoms with E-state index in [0.29, 0.717) is 5.75 Å². The van der Waals surface area contributed by atoms with Gasteiger partial charge in [0, 0.05) is 0 Å². The maximum absolute atomic E-state index is 12.0. The fourth-order valence-electron chi connectivity index (χ4n) is 2.10. The molecule has 0 aliphatic heterocycles. The van der Waals surface area contributed by atoms with Gasteiger partial charge < -0.3 is 0 Å². The zero-order chi connectivity index (χ0) is 13.7. The number of ketones is 1. The van der Waals surface area contributed by atoms with Crippen molar-refractivity contribution < 1.29 is 4.79 Å². The fraction of sp³-hybridized carbons (Fsp3) is 0.308. The van der Waals surface area contributed by atoms with Crippen LogP contribution in [0.1, 0.15) is 12.8 Å². The van der Waals surface area contributed by atoms with Crippen LogP contribution < -0.4 is 0 Å². The van der Waals surface area contributed by atoms with E-state index in [-0.39, 0.29) is 5.78 Å². The predicted octanol–water partition coefficient (Wildman–Crippen LogP) is 3.38. The van der Waals surface area contributed by atoms with Crippen molar-refractivity contribution in [2.45, 2.75) is 22.9 Å². The predicted molar refractivity (Wildman–Crippen MR) is 81.9 cm³/mol. The molecule has 1 fully saturated rings. The third kappa shape index (κ3) is 1.94. The van der Waals surface area contributed by atoms with E-state index in [1.807, 2.05) is 22.6 Å². The Morgan fingerprint density at radius 1 is 1.40 bits per heavy atom. The highest BCUT2D eigenvalue weighted by Gasteiger charge is 2.47. The molecule has 4 rings (SSSR count). The van der Waals surface area contributed by atoms with Crippen LogP contribution in [0.25, 0.3) is 15.2 Å². The molecule has 0 saturated heterocycles. The minimum absolute atomic E-state index is 0.0976. The largest absolute Gasteiger partial charge is 0.297 e. The van der Waals surface area contributed by atoms with Crippen LogP contribution in [0.5, 0.6) is 0 Å². The smallest absolute Gasteiger partial charge is 0.217 e. The van der Waals surface area contributed by atoms with Crippen molar-refractivity contribution in [3.63, 3.8) is 0 Å². The van der Waals surface area contributed by atoms with E-state index in [9.17, 15) is 4.79 Å². The molecule has 2 heterocycles. The van der Waals surface area contributed by atoms with Crippen LogP contribution in [-0.4, -0.2) is 31.0 Å². The Bertz CT molecular complexity index is 821. The van der Waals surface area contributed by atoms with Gasteiger partial charge in [0.1, 0.15) is 4.87 Å². The molecule has 102 valence electrons. The summed E-state index contributed by atoms with van der Waals surface area (Å²) in [6, 6.07) is 8.10. The second kappa shape index (κ2) is 4.44. The first-order valence-corrected chi connectivity index (χ1v) is 8.43. The monoisotopic (exact) mass is 323 g/mol. The lowest BCUT2D eigenvalue weighted by molar-refractivity contribution is -0.116. The number of carbonyl (C=O) groups is 1. The Morgan fingerprint density at radius 3 is 3.00 bits per heavy atom. The molecule has 2 aromatic heterocycles. The van der Waals surface area contributed by atoms with Gasteiger partial charge in [-0.25, -0.2) is 0 Å². The van der Waals surface area contributed by atoms with Crippen LogP contribution in [0.15, 0.2) is 29.4 Å². The molecule has 3 aromatic rings. The third-order valence-electron chi connectivity index (χ3n) is 3.43. The minimum atomic E-state index is -0.590. The van der Waals surface area contributed by atoms with E-state index < -0.39 is 4.87 Å². The maximum Gasteiger partial charge on any atom is 0.217 e. The van der Waals surface area contributed by atoms with Crippen LogP contribution in [0.3, 0.4) is 0 Å². The van der Waals surface area contributed by atoms with Gasteiger partial charge in [0.05, 0.1) is 16.0 Å². The normalized spacial score (nSPS) is 16.9. The number of para-hydroxylation sites is 1. The number of hydrogen-bond acceptors (Lipinski definition) is 5. The Hall–Kier alpha value is -1.11. The van der Waals surface area contributed by atoms with Gasteiger partial charge in [-0.3, -0.25) is 9.20 Å². The molecule has 1 aliphatic rings. The van der Waals surface area contributed by atoms with Crippen LogP contribution in [0, 0.1) is 0 Å². The van der Waals surface area contributed by atoms with Crippen LogP contribution in [-0.2, 0) is 4.79 Å². The summed E-state index contributed by atoms with van der Waals surface area (Å²) in [5.74, 6) is 0.453. The van der Waals surface area contributed by atoms with E-state index in [1.54, 1.807) is 11.3 Å². The molecule has 0 unspecified atom stereocenters. The van der Waals surface area contributed by atoms with Gasteiger partial charge >= 0.3 is 0 Å². The van der Waals surface area contributed by atoms with Crippen LogP contribution in [0.4, 0.5) is 0 Å². The summed E-state index contributed by atoms with van der Waals surface area (Å²) in [4.78, 5) is 12.2. The van der Waals surface area contributed by atoms with Gasteiger partial charge in [-0.15, -0.1) is 21.8 Å². The summed E-state index contributed by atoms with van der Waals surface area (Å²) in [6.07, 6.45) is 1.59. The van der Waals surface area contributed by atoms with Crippen molar-refractivity contribution in [2.24, 2.45) is 0 Å². The molecular formula is C13H10ClN3OS2. The Kier molecular flexibility index (Phi) is 2.80. The molecule has 0 bridgehead atoms. The number of thioether (sulfide) groups is 1. The molecule has 0 amide bonds. The number of alkyl halides is 1. The van der Waals surface area contributed by atoms with Crippen molar-refractivity contribution >= 4 is 55.7 Å². The number of benzene rings is 1. The Balaban J connectivity index is 1.67. The molecule has 1 aliphatic carbocycles. The van der Waals surface area contributed by atoms with Crippen LogP contribution >= 0.6 is 34.7 Å². The average molecular weight is 324 g/mol. The molecule has 20 heavy (non-hydrogen) atoms. The second-order valence-electron chi connectivity index (χ2n) is 4.85. The second-order valence-corrected chi connectivity index (χ2v) is 7.52. The quantitative estimate of drug-likeness (QED) is 0.545. The first kappa shape index (κ1) is 12.6. The Morgan fingerprint density at radius 2 is 2.20 bits per heavy atom. The molecule has 1 aromatic carbocycles. The number of Topliss-reactive ketones (excluding diaryl/α,β-unsaturated/α-hetero) is 1. The van der Waals surface area contributed by atoms with Gasteiger partial charge in [0.2, 0.25) is 4.96 Å². The lowest BCUT2D eigenvalue weighted by atomic mass is 10.3. The highest BCUT2D eigenvalue weighted by Crippen LogP contribution is 2.44. The topological polar surface area (TPSA) is 47.3 Å². The van der Waals surface area contributed by atoms with Crippen molar-refractivity contribution in [1.29, 1.82) is 0 Å². The molecule has 0 atom stereocenters. The number of rotatable bonds is 4.